The molecule has 0 bridgehead atoms. The topological polar surface area (TPSA) is 97.7 Å². The number of ether oxygens (including phenoxy) is 1. The predicted molar refractivity (Wildman–Crippen MR) is 67.7 cm³/mol. The van der Waals surface area contributed by atoms with E-state index in [9.17, 15) is 18.0 Å². The first-order valence-electron chi connectivity index (χ1n) is 5.50. The van der Waals surface area contributed by atoms with E-state index in [4.69, 9.17) is 9.29 Å². The third kappa shape index (κ3) is 4.80. The molecule has 0 aliphatic carbocycles. The van der Waals surface area contributed by atoms with Gasteiger partial charge in [-0.1, -0.05) is 0 Å². The molecule has 1 aromatic rings. The number of hydrogen-bond donors (Lipinski definition) is 1. The van der Waals surface area contributed by atoms with Crippen LogP contribution in [-0.4, -0.2) is 31.3 Å². The number of esters is 1. The Kier molecular flexibility index (Phi) is 4.79. The van der Waals surface area contributed by atoms with E-state index in [1.807, 2.05) is 0 Å². The second-order valence-corrected chi connectivity index (χ2v) is 5.37. The number of ketones is 1. The summed E-state index contributed by atoms with van der Waals surface area (Å²) in [6, 6.07) is 3.92. The predicted octanol–water partition coefficient (Wildman–Crippen LogP) is 1.45. The van der Waals surface area contributed by atoms with Crippen molar-refractivity contribution >= 4 is 21.9 Å². The fourth-order valence-corrected chi connectivity index (χ4v) is 2.11. The molecule has 6 nitrogen and oxygen atoms in total. The number of rotatable bonds is 5. The Morgan fingerprint density at radius 2 is 1.79 bits per heavy atom. The molecule has 1 rings (SSSR count). The molecule has 0 heterocycles. The highest BCUT2D eigenvalue weighted by atomic mass is 32.2. The minimum atomic E-state index is -4.24. The van der Waals surface area contributed by atoms with Crippen molar-refractivity contribution < 1.29 is 27.3 Å². The molecule has 7 heteroatoms. The third-order valence-electron chi connectivity index (χ3n) is 2.26. The summed E-state index contributed by atoms with van der Waals surface area (Å²) in [6.45, 7) is 3.09. The summed E-state index contributed by atoms with van der Waals surface area (Å²) in [7, 11) is -4.24. The van der Waals surface area contributed by atoms with Crippen LogP contribution < -0.4 is 0 Å². The van der Waals surface area contributed by atoms with E-state index in [1.165, 1.54) is 25.1 Å². The molecule has 0 atom stereocenters. The zero-order valence-electron chi connectivity index (χ0n) is 10.5. The highest BCUT2D eigenvalue weighted by molar-refractivity contribution is 7.85. The molecule has 0 saturated carbocycles. The van der Waals surface area contributed by atoms with Gasteiger partial charge in [-0.15, -0.1) is 0 Å². The van der Waals surface area contributed by atoms with Crippen molar-refractivity contribution in [3.05, 3.63) is 34.9 Å². The van der Waals surface area contributed by atoms with E-state index < -0.39 is 21.8 Å². The maximum absolute atomic E-state index is 11.6. The largest absolute Gasteiger partial charge is 0.462 e. The third-order valence-corrected chi connectivity index (χ3v) is 2.96. The van der Waals surface area contributed by atoms with Crippen LogP contribution in [0.15, 0.2) is 18.2 Å². The number of carbonyl (C=O) groups excluding carboxylic acids is 2. The quantitative estimate of drug-likeness (QED) is 0.500. The van der Waals surface area contributed by atoms with Crippen molar-refractivity contribution in [1.29, 1.82) is 0 Å². The monoisotopic (exact) mass is 286 g/mol. The summed E-state index contributed by atoms with van der Waals surface area (Å²) in [6.07, 6.45) is 0. The molecule has 1 aromatic carbocycles. The van der Waals surface area contributed by atoms with Gasteiger partial charge in [0, 0.05) is 5.56 Å². The lowest BCUT2D eigenvalue weighted by molar-refractivity contribution is 0.0526. The molecule has 104 valence electrons. The van der Waals surface area contributed by atoms with E-state index in [1.54, 1.807) is 6.92 Å². The minimum Gasteiger partial charge on any atom is -0.462 e. The molecular formula is C12H14O6S. The Labute approximate surface area is 111 Å². The SMILES string of the molecule is CCOC(=O)c1cc(CS(=O)(=O)O)cc(C(C)=O)c1. The average molecular weight is 286 g/mol. The Hall–Kier alpha value is -1.73. The van der Waals surface area contributed by atoms with Gasteiger partial charge in [-0.2, -0.15) is 8.42 Å². The first-order chi connectivity index (χ1) is 8.73. The van der Waals surface area contributed by atoms with Gasteiger partial charge in [0.15, 0.2) is 5.78 Å². The average Bonchev–Trinajstić information content (AvgIpc) is 2.26. The lowest BCUT2D eigenvalue weighted by Gasteiger charge is -2.07. The standard InChI is InChI=1S/C12H14O6S/c1-3-18-12(14)11-5-9(7-19(15,16)17)4-10(6-11)8(2)13/h4-6H,3,7H2,1-2H3,(H,15,16,17). The van der Waals surface area contributed by atoms with Crippen molar-refractivity contribution in [3.8, 4) is 0 Å². The van der Waals surface area contributed by atoms with Crippen LogP contribution in [0, 0.1) is 0 Å². The van der Waals surface area contributed by atoms with E-state index in [2.05, 4.69) is 0 Å². The smallest absolute Gasteiger partial charge is 0.338 e. The molecule has 0 amide bonds. The molecule has 0 aliphatic rings. The zero-order chi connectivity index (χ0) is 14.6. The molecule has 0 fully saturated rings. The van der Waals surface area contributed by atoms with Gasteiger partial charge >= 0.3 is 5.97 Å². The molecular weight excluding hydrogens is 272 g/mol. The fourth-order valence-electron chi connectivity index (χ4n) is 1.52. The lowest BCUT2D eigenvalue weighted by Crippen LogP contribution is -2.09. The van der Waals surface area contributed by atoms with Crippen molar-refractivity contribution in [3.63, 3.8) is 0 Å². The normalized spacial score (nSPS) is 11.1. The van der Waals surface area contributed by atoms with Crippen LogP contribution in [0.25, 0.3) is 0 Å². The summed E-state index contributed by atoms with van der Waals surface area (Å²) < 4.78 is 35.3. The number of Topliss-reactive ketones (excluding diaryl/α,β-unsaturated/α-hetero) is 1. The Balaban J connectivity index is 3.25. The van der Waals surface area contributed by atoms with Crippen LogP contribution in [0.2, 0.25) is 0 Å². The van der Waals surface area contributed by atoms with Gasteiger partial charge in [0.2, 0.25) is 0 Å². The van der Waals surface area contributed by atoms with Crippen LogP contribution >= 0.6 is 0 Å². The van der Waals surface area contributed by atoms with E-state index in [-0.39, 0.29) is 29.1 Å². The van der Waals surface area contributed by atoms with Gasteiger partial charge in [-0.25, -0.2) is 4.79 Å². The first kappa shape index (κ1) is 15.3. The van der Waals surface area contributed by atoms with Gasteiger partial charge in [-0.05, 0) is 37.6 Å². The Morgan fingerprint density at radius 3 is 2.26 bits per heavy atom. The van der Waals surface area contributed by atoms with Crippen LogP contribution in [0.4, 0.5) is 0 Å². The molecule has 0 spiro atoms. The maximum atomic E-state index is 11.6. The van der Waals surface area contributed by atoms with Gasteiger partial charge in [0.1, 0.15) is 5.75 Å². The summed E-state index contributed by atoms with van der Waals surface area (Å²) in [5.41, 5.74) is 0.413. The maximum Gasteiger partial charge on any atom is 0.338 e. The minimum absolute atomic E-state index is 0.0770. The summed E-state index contributed by atoms with van der Waals surface area (Å²) in [5, 5.41) is 0. The number of benzene rings is 1. The van der Waals surface area contributed by atoms with E-state index >= 15 is 0 Å². The van der Waals surface area contributed by atoms with E-state index in [0.717, 1.165) is 0 Å². The molecule has 0 aliphatic heterocycles. The zero-order valence-corrected chi connectivity index (χ0v) is 11.4. The lowest BCUT2D eigenvalue weighted by atomic mass is 10.0. The van der Waals surface area contributed by atoms with E-state index in [0.29, 0.717) is 0 Å². The van der Waals surface area contributed by atoms with Gasteiger partial charge < -0.3 is 4.74 Å². The highest BCUT2D eigenvalue weighted by Gasteiger charge is 2.14. The second-order valence-electron chi connectivity index (χ2n) is 3.92. The fraction of sp³-hybridized carbons (Fsp3) is 0.333. The molecule has 1 N–H and O–H groups in total. The first-order valence-corrected chi connectivity index (χ1v) is 7.11. The van der Waals surface area contributed by atoms with Gasteiger partial charge in [0.25, 0.3) is 10.1 Å². The van der Waals surface area contributed by atoms with Crippen LogP contribution in [0.3, 0.4) is 0 Å². The second kappa shape index (κ2) is 5.94. The van der Waals surface area contributed by atoms with Crippen molar-refractivity contribution in [2.75, 3.05) is 6.61 Å². The molecule has 19 heavy (non-hydrogen) atoms. The highest BCUT2D eigenvalue weighted by Crippen LogP contribution is 2.14. The van der Waals surface area contributed by atoms with Crippen LogP contribution in [0.1, 0.15) is 40.1 Å². The van der Waals surface area contributed by atoms with Crippen LogP contribution in [-0.2, 0) is 20.6 Å². The number of hydrogen-bond acceptors (Lipinski definition) is 5. The van der Waals surface area contributed by atoms with Gasteiger partial charge in [0.05, 0.1) is 12.2 Å². The Bertz CT molecular complexity index is 603. The number of carbonyl (C=O) groups is 2. The molecule has 0 aromatic heterocycles. The summed E-state index contributed by atoms with van der Waals surface area (Å²) >= 11 is 0. The van der Waals surface area contributed by atoms with Crippen molar-refractivity contribution in [2.24, 2.45) is 0 Å². The molecule has 0 radical (unpaired) electrons. The van der Waals surface area contributed by atoms with Gasteiger partial charge in [-0.3, -0.25) is 9.35 Å². The molecule has 0 saturated heterocycles. The van der Waals surface area contributed by atoms with Crippen molar-refractivity contribution in [1.82, 2.24) is 0 Å². The molecule has 0 unspecified atom stereocenters. The van der Waals surface area contributed by atoms with Crippen LogP contribution in [0.5, 0.6) is 0 Å². The van der Waals surface area contributed by atoms with Crippen molar-refractivity contribution in [2.45, 2.75) is 19.6 Å². The summed E-state index contributed by atoms with van der Waals surface area (Å²) in [5.74, 6) is -1.63. The summed E-state index contributed by atoms with van der Waals surface area (Å²) in [4.78, 5) is 22.9. The Morgan fingerprint density at radius 1 is 1.21 bits per heavy atom.